The van der Waals surface area contributed by atoms with E-state index in [1.165, 1.54) is 12.1 Å². The largest absolute Gasteiger partial charge is 0.418 e. The second kappa shape index (κ2) is 6.80. The van der Waals surface area contributed by atoms with Gasteiger partial charge in [0.05, 0.1) is 12.2 Å². The Kier molecular flexibility index (Phi) is 5.66. The Hall–Kier alpha value is -1.23. The maximum absolute atomic E-state index is 13.0. The van der Waals surface area contributed by atoms with Gasteiger partial charge in [-0.05, 0) is 25.0 Å². The van der Waals surface area contributed by atoms with Crippen LogP contribution in [0.15, 0.2) is 24.3 Å². The maximum Gasteiger partial charge on any atom is 0.418 e. The zero-order chi connectivity index (χ0) is 14.5. The summed E-state index contributed by atoms with van der Waals surface area (Å²) in [6.07, 6.45) is -2.90. The second-order valence-electron chi connectivity index (χ2n) is 4.40. The van der Waals surface area contributed by atoms with E-state index in [-0.39, 0.29) is 24.9 Å². The van der Waals surface area contributed by atoms with Gasteiger partial charge >= 0.3 is 6.18 Å². The number of rotatable bonds is 6. The molecule has 0 bridgehead atoms. The van der Waals surface area contributed by atoms with Gasteiger partial charge in [-0.2, -0.15) is 13.2 Å². The Morgan fingerprint density at radius 2 is 1.74 bits per heavy atom. The van der Waals surface area contributed by atoms with Crippen LogP contribution in [-0.4, -0.2) is 24.3 Å². The van der Waals surface area contributed by atoms with Crippen LogP contribution < -0.4 is 4.90 Å². The van der Waals surface area contributed by atoms with Gasteiger partial charge in [0.25, 0.3) is 0 Å². The Morgan fingerprint density at radius 1 is 1.16 bits per heavy atom. The highest BCUT2D eigenvalue weighted by atomic mass is 19.4. The molecule has 0 saturated carbocycles. The van der Waals surface area contributed by atoms with Crippen molar-refractivity contribution < 1.29 is 18.3 Å². The van der Waals surface area contributed by atoms with Crippen LogP contribution in [0.2, 0.25) is 0 Å². The van der Waals surface area contributed by atoms with E-state index in [0.717, 1.165) is 18.9 Å². The molecule has 0 aliphatic carbocycles. The number of alkyl halides is 3. The Bertz CT molecular complexity index is 389. The molecule has 2 nitrogen and oxygen atoms in total. The highest BCUT2D eigenvalue weighted by Crippen LogP contribution is 2.37. The molecule has 1 rings (SSSR count). The van der Waals surface area contributed by atoms with Crippen molar-refractivity contribution in [3.63, 3.8) is 0 Å². The van der Waals surface area contributed by atoms with Crippen LogP contribution in [-0.2, 0) is 6.18 Å². The molecule has 0 amide bonds. The minimum atomic E-state index is -4.38. The summed E-state index contributed by atoms with van der Waals surface area (Å²) in [5, 5.41) is 9.11. The molecule has 0 aliphatic heterocycles. The molecule has 108 valence electrons. The van der Waals surface area contributed by atoms with E-state index in [2.05, 4.69) is 0 Å². The average Bonchev–Trinajstić information content (AvgIpc) is 2.38. The van der Waals surface area contributed by atoms with Gasteiger partial charge in [0.15, 0.2) is 0 Å². The fourth-order valence-corrected chi connectivity index (χ4v) is 2.30. The lowest BCUT2D eigenvalue weighted by atomic mass is 10.1. The number of hydrogen-bond acceptors (Lipinski definition) is 2. The fraction of sp³-hybridized carbons (Fsp3) is 0.571. The highest BCUT2D eigenvalue weighted by molar-refractivity contribution is 5.55. The monoisotopic (exact) mass is 275 g/mol. The van der Waals surface area contributed by atoms with E-state index in [1.807, 2.05) is 13.8 Å². The Balaban J connectivity index is 3.22. The van der Waals surface area contributed by atoms with Crippen molar-refractivity contribution in [2.45, 2.75) is 38.9 Å². The molecule has 0 atom stereocenters. The molecule has 0 unspecified atom stereocenters. The normalized spacial score (nSPS) is 11.9. The Morgan fingerprint density at radius 3 is 2.21 bits per heavy atom. The number of anilines is 1. The summed E-state index contributed by atoms with van der Waals surface area (Å²) in [4.78, 5) is 1.66. The van der Waals surface area contributed by atoms with Crippen LogP contribution in [0.1, 0.15) is 32.3 Å². The number of hydrogen-bond donors (Lipinski definition) is 1. The first-order chi connectivity index (χ1) is 8.95. The first-order valence-electron chi connectivity index (χ1n) is 6.49. The molecular weight excluding hydrogens is 255 g/mol. The number of nitrogens with zero attached hydrogens (tertiary/aromatic N) is 1. The zero-order valence-corrected chi connectivity index (χ0v) is 11.2. The molecule has 0 fully saturated rings. The van der Waals surface area contributed by atoms with E-state index in [9.17, 15) is 13.2 Å². The molecule has 0 heterocycles. The first-order valence-corrected chi connectivity index (χ1v) is 6.49. The summed E-state index contributed by atoms with van der Waals surface area (Å²) in [6.45, 7) is 3.92. The van der Waals surface area contributed by atoms with Crippen molar-refractivity contribution in [3.8, 4) is 0 Å². The van der Waals surface area contributed by atoms with Gasteiger partial charge in [-0.1, -0.05) is 26.0 Å². The van der Waals surface area contributed by atoms with Crippen molar-refractivity contribution in [1.29, 1.82) is 0 Å². The number of para-hydroxylation sites is 1. The van der Waals surface area contributed by atoms with Crippen LogP contribution in [0.5, 0.6) is 0 Å². The molecule has 0 aliphatic rings. The first kappa shape index (κ1) is 15.8. The van der Waals surface area contributed by atoms with Crippen molar-refractivity contribution in [2.24, 2.45) is 0 Å². The summed E-state index contributed by atoms with van der Waals surface area (Å²) < 4.78 is 39.1. The SMILES string of the molecule is CCC(CC)N(CCO)c1ccccc1C(F)(F)F. The predicted octanol–water partition coefficient (Wildman–Crippen LogP) is 3.69. The highest BCUT2D eigenvalue weighted by Gasteiger charge is 2.35. The van der Waals surface area contributed by atoms with Gasteiger partial charge in [0, 0.05) is 18.3 Å². The summed E-state index contributed by atoms with van der Waals surface area (Å²) in [6, 6.07) is 5.53. The van der Waals surface area contributed by atoms with Gasteiger partial charge < -0.3 is 10.0 Å². The van der Waals surface area contributed by atoms with Gasteiger partial charge in [-0.15, -0.1) is 0 Å². The molecule has 1 aromatic carbocycles. The van der Waals surface area contributed by atoms with Crippen molar-refractivity contribution >= 4 is 5.69 Å². The van der Waals surface area contributed by atoms with Crippen LogP contribution >= 0.6 is 0 Å². The number of benzene rings is 1. The molecule has 1 N–H and O–H groups in total. The predicted molar refractivity (Wildman–Crippen MR) is 70.2 cm³/mol. The van der Waals surface area contributed by atoms with E-state index in [1.54, 1.807) is 11.0 Å². The van der Waals surface area contributed by atoms with E-state index < -0.39 is 11.7 Å². The van der Waals surface area contributed by atoms with Gasteiger partial charge in [0.2, 0.25) is 0 Å². The second-order valence-corrected chi connectivity index (χ2v) is 4.40. The van der Waals surface area contributed by atoms with Crippen molar-refractivity contribution in [1.82, 2.24) is 0 Å². The number of aliphatic hydroxyl groups is 1. The number of aliphatic hydroxyl groups excluding tert-OH is 1. The molecule has 5 heteroatoms. The third-order valence-corrected chi connectivity index (χ3v) is 3.24. The lowest BCUT2D eigenvalue weighted by molar-refractivity contribution is -0.137. The lowest BCUT2D eigenvalue weighted by Crippen LogP contribution is -2.38. The van der Waals surface area contributed by atoms with E-state index >= 15 is 0 Å². The third-order valence-electron chi connectivity index (χ3n) is 3.24. The molecule has 1 aromatic rings. The third kappa shape index (κ3) is 3.86. The van der Waals surface area contributed by atoms with Crippen LogP contribution in [0, 0.1) is 0 Å². The quantitative estimate of drug-likeness (QED) is 0.855. The lowest BCUT2D eigenvalue weighted by Gasteiger charge is -2.34. The molecule has 0 spiro atoms. The smallest absolute Gasteiger partial charge is 0.395 e. The molecule has 0 radical (unpaired) electrons. The minimum absolute atomic E-state index is 0.00403. The van der Waals surface area contributed by atoms with Crippen molar-refractivity contribution in [2.75, 3.05) is 18.1 Å². The molecule has 0 saturated heterocycles. The standard InChI is InChI=1S/C14H20F3NO/c1-3-11(4-2)18(9-10-19)13-8-6-5-7-12(13)14(15,16)17/h5-8,11,19H,3-4,9-10H2,1-2H3. The maximum atomic E-state index is 13.0. The van der Waals surface area contributed by atoms with Crippen LogP contribution in [0.3, 0.4) is 0 Å². The summed E-state index contributed by atoms with van der Waals surface area (Å²) >= 11 is 0. The topological polar surface area (TPSA) is 23.5 Å². The van der Waals surface area contributed by atoms with Gasteiger partial charge in [-0.25, -0.2) is 0 Å². The Labute approximate surface area is 111 Å². The summed E-state index contributed by atoms with van der Waals surface area (Å²) in [7, 11) is 0. The van der Waals surface area contributed by atoms with Crippen LogP contribution in [0.4, 0.5) is 18.9 Å². The van der Waals surface area contributed by atoms with E-state index in [4.69, 9.17) is 5.11 Å². The fourth-order valence-electron chi connectivity index (χ4n) is 2.30. The van der Waals surface area contributed by atoms with Crippen LogP contribution in [0.25, 0.3) is 0 Å². The number of halogens is 3. The minimum Gasteiger partial charge on any atom is -0.395 e. The van der Waals surface area contributed by atoms with Crippen molar-refractivity contribution in [3.05, 3.63) is 29.8 Å². The van der Waals surface area contributed by atoms with Gasteiger partial charge in [0.1, 0.15) is 0 Å². The summed E-state index contributed by atoms with van der Waals surface area (Å²) in [5.74, 6) is 0. The molecular formula is C14H20F3NO. The average molecular weight is 275 g/mol. The van der Waals surface area contributed by atoms with Gasteiger partial charge in [-0.3, -0.25) is 0 Å². The molecule has 19 heavy (non-hydrogen) atoms. The summed E-state index contributed by atoms with van der Waals surface area (Å²) in [5.41, 5.74) is -0.492. The zero-order valence-electron chi connectivity index (χ0n) is 11.2. The molecule has 0 aromatic heterocycles. The van der Waals surface area contributed by atoms with E-state index in [0.29, 0.717) is 0 Å².